The fourth-order valence-electron chi connectivity index (χ4n) is 4.10. The molecule has 0 aliphatic carbocycles. The topological polar surface area (TPSA) is 139 Å². The van der Waals surface area contributed by atoms with E-state index in [2.05, 4.69) is 25.9 Å². The van der Waals surface area contributed by atoms with Crippen LogP contribution in [0.15, 0.2) is 42.9 Å². The molecule has 2 aliphatic heterocycles. The predicted octanol–water partition coefficient (Wildman–Crippen LogP) is 0.879. The van der Waals surface area contributed by atoms with Crippen molar-refractivity contribution >= 4 is 29.3 Å². The number of amides is 4. The van der Waals surface area contributed by atoms with Gasteiger partial charge in [0.1, 0.15) is 24.1 Å². The molecule has 5 rings (SSSR count). The minimum absolute atomic E-state index is 0.136. The molecular formula is C22H18FN7O4. The Morgan fingerprint density at radius 1 is 1.24 bits per heavy atom. The molecular weight excluding hydrogens is 445 g/mol. The van der Waals surface area contributed by atoms with E-state index < -0.39 is 23.7 Å². The number of aromatic nitrogens is 4. The van der Waals surface area contributed by atoms with E-state index in [-0.39, 0.29) is 37.7 Å². The summed E-state index contributed by atoms with van der Waals surface area (Å²) in [5, 5.41) is 12.9. The van der Waals surface area contributed by atoms with Crippen molar-refractivity contribution in [2.75, 3.05) is 5.32 Å². The molecule has 0 saturated carbocycles. The van der Waals surface area contributed by atoms with Crippen LogP contribution in [-0.2, 0) is 27.5 Å². The third-order valence-corrected chi connectivity index (χ3v) is 5.70. The molecule has 0 spiro atoms. The monoisotopic (exact) mass is 463 g/mol. The molecule has 0 bridgehead atoms. The zero-order chi connectivity index (χ0) is 23.8. The quantitative estimate of drug-likeness (QED) is 0.536. The molecule has 1 aromatic carbocycles. The van der Waals surface area contributed by atoms with Crippen molar-refractivity contribution in [3.05, 3.63) is 59.8 Å². The average Bonchev–Trinajstić information content (AvgIpc) is 3.39. The first-order valence-corrected chi connectivity index (χ1v) is 10.5. The Balaban J connectivity index is 1.29. The molecule has 2 aromatic heterocycles. The van der Waals surface area contributed by atoms with E-state index in [0.717, 1.165) is 6.20 Å². The number of carbonyl (C=O) groups is 4. The fourth-order valence-corrected chi connectivity index (χ4v) is 4.10. The number of anilines is 1. The van der Waals surface area contributed by atoms with Crippen molar-refractivity contribution in [2.45, 2.75) is 32.0 Å². The zero-order valence-electron chi connectivity index (χ0n) is 17.7. The van der Waals surface area contributed by atoms with E-state index in [4.69, 9.17) is 0 Å². The predicted molar refractivity (Wildman–Crippen MR) is 114 cm³/mol. The smallest absolute Gasteiger partial charge is 0.255 e. The van der Waals surface area contributed by atoms with Crippen molar-refractivity contribution in [1.29, 1.82) is 0 Å². The first kappa shape index (κ1) is 21.4. The van der Waals surface area contributed by atoms with E-state index in [1.807, 2.05) is 0 Å². The van der Waals surface area contributed by atoms with Crippen molar-refractivity contribution in [3.63, 3.8) is 0 Å². The first-order chi connectivity index (χ1) is 16.4. The number of hydrogen-bond donors (Lipinski definition) is 2. The second-order valence-corrected chi connectivity index (χ2v) is 7.97. The van der Waals surface area contributed by atoms with Gasteiger partial charge in [-0.05, 0) is 24.6 Å². The summed E-state index contributed by atoms with van der Waals surface area (Å²) in [7, 11) is 0. The van der Waals surface area contributed by atoms with Crippen LogP contribution in [0.5, 0.6) is 0 Å². The maximum Gasteiger partial charge on any atom is 0.255 e. The summed E-state index contributed by atoms with van der Waals surface area (Å²) < 4.78 is 14.7. The zero-order valence-corrected chi connectivity index (χ0v) is 17.7. The number of nitrogens with one attached hydrogen (secondary N) is 2. The van der Waals surface area contributed by atoms with Crippen LogP contribution in [0.3, 0.4) is 0 Å². The highest BCUT2D eigenvalue weighted by Gasteiger charge is 2.39. The van der Waals surface area contributed by atoms with Gasteiger partial charge < -0.3 is 10.2 Å². The lowest BCUT2D eigenvalue weighted by molar-refractivity contribution is -0.137. The number of pyridine rings is 1. The third kappa shape index (κ3) is 4.00. The molecule has 34 heavy (non-hydrogen) atoms. The Hall–Kier alpha value is -4.48. The largest absolute Gasteiger partial charge is 0.324 e. The number of halogens is 1. The minimum atomic E-state index is -0.743. The molecule has 11 nitrogen and oxygen atoms in total. The normalized spacial score (nSPS) is 17.5. The lowest BCUT2D eigenvalue weighted by Gasteiger charge is -2.29. The van der Waals surface area contributed by atoms with Crippen molar-refractivity contribution in [1.82, 2.24) is 30.2 Å². The van der Waals surface area contributed by atoms with Gasteiger partial charge in [0.15, 0.2) is 0 Å². The van der Waals surface area contributed by atoms with E-state index in [9.17, 15) is 23.6 Å². The molecule has 1 fully saturated rings. The number of benzene rings is 1. The highest BCUT2D eigenvalue weighted by Crippen LogP contribution is 2.32. The van der Waals surface area contributed by atoms with Gasteiger partial charge in [-0.25, -0.2) is 9.07 Å². The molecule has 172 valence electrons. The summed E-state index contributed by atoms with van der Waals surface area (Å²) in [6.07, 6.45) is 4.43. The summed E-state index contributed by atoms with van der Waals surface area (Å²) in [4.78, 5) is 54.4. The van der Waals surface area contributed by atoms with Crippen LogP contribution < -0.4 is 10.6 Å². The van der Waals surface area contributed by atoms with E-state index in [1.54, 1.807) is 18.2 Å². The molecule has 4 amide bonds. The lowest BCUT2D eigenvalue weighted by Crippen LogP contribution is -2.52. The number of carbonyl (C=O) groups excluding carboxylic acids is 4. The van der Waals surface area contributed by atoms with Gasteiger partial charge in [0.05, 0.1) is 12.4 Å². The van der Waals surface area contributed by atoms with Gasteiger partial charge in [-0.15, -0.1) is 5.10 Å². The second-order valence-electron chi connectivity index (χ2n) is 7.97. The van der Waals surface area contributed by atoms with Crippen LogP contribution in [0.2, 0.25) is 0 Å². The van der Waals surface area contributed by atoms with Gasteiger partial charge in [0.2, 0.25) is 17.7 Å². The lowest BCUT2D eigenvalue weighted by atomic mass is 10.0. The Morgan fingerprint density at radius 3 is 2.88 bits per heavy atom. The van der Waals surface area contributed by atoms with Crippen LogP contribution in [-0.4, -0.2) is 54.5 Å². The summed E-state index contributed by atoms with van der Waals surface area (Å²) >= 11 is 0. The fraction of sp³-hybridized carbons (Fsp3) is 0.227. The average molecular weight is 463 g/mol. The van der Waals surface area contributed by atoms with Crippen molar-refractivity contribution in [2.24, 2.45) is 0 Å². The van der Waals surface area contributed by atoms with E-state index in [0.29, 0.717) is 28.1 Å². The Morgan fingerprint density at radius 2 is 2.09 bits per heavy atom. The van der Waals surface area contributed by atoms with Crippen LogP contribution in [0.1, 0.15) is 28.8 Å². The molecule has 1 atom stereocenters. The number of imide groups is 1. The van der Waals surface area contributed by atoms with Crippen LogP contribution in [0.25, 0.3) is 11.3 Å². The first-order valence-electron chi connectivity index (χ1n) is 10.5. The second kappa shape index (κ2) is 8.46. The number of nitrogens with zero attached hydrogens (tertiary/aromatic N) is 5. The van der Waals surface area contributed by atoms with Crippen molar-refractivity contribution < 1.29 is 23.6 Å². The molecule has 0 radical (unpaired) electrons. The van der Waals surface area contributed by atoms with Gasteiger partial charge in [-0.3, -0.25) is 29.5 Å². The molecule has 3 aromatic rings. The van der Waals surface area contributed by atoms with E-state index >= 15 is 0 Å². The summed E-state index contributed by atoms with van der Waals surface area (Å²) in [5.74, 6) is -2.11. The maximum atomic E-state index is 13.4. The molecule has 2 aliphatic rings. The van der Waals surface area contributed by atoms with Crippen LogP contribution in [0, 0.1) is 5.82 Å². The number of rotatable bonds is 5. The van der Waals surface area contributed by atoms with Gasteiger partial charge >= 0.3 is 0 Å². The Kier molecular flexibility index (Phi) is 5.32. The molecule has 1 unspecified atom stereocenters. The standard InChI is InChI=1S/C22H18FN7O4/c23-13-6-12(7-24-8-13)17-10-29(28-27-17)11-20(32)25-16-3-1-2-14-15(16)9-30(22(14)34)18-4-5-19(31)26-21(18)33/h1-3,6-8,10,18H,4-5,9,11H2,(H,25,32)(H,26,31,33). The van der Waals surface area contributed by atoms with Gasteiger partial charge in [-0.2, -0.15) is 0 Å². The minimum Gasteiger partial charge on any atom is -0.324 e. The Bertz CT molecular complexity index is 1340. The molecule has 2 N–H and O–H groups in total. The Labute approximate surface area is 192 Å². The number of piperidine rings is 1. The maximum absolute atomic E-state index is 13.4. The van der Waals surface area contributed by atoms with Crippen molar-refractivity contribution in [3.8, 4) is 11.3 Å². The number of fused-ring (bicyclic) bond motifs is 1. The molecule has 12 heteroatoms. The highest BCUT2D eigenvalue weighted by molar-refractivity contribution is 6.06. The van der Waals surface area contributed by atoms with Crippen LogP contribution in [0.4, 0.5) is 10.1 Å². The summed E-state index contributed by atoms with van der Waals surface area (Å²) in [5.41, 5.74) is 2.23. The summed E-state index contributed by atoms with van der Waals surface area (Å²) in [6, 6.07) is 5.47. The third-order valence-electron chi connectivity index (χ3n) is 5.70. The SMILES string of the molecule is O=C1CCC(N2Cc3c(NC(=O)Cn4cc(-c5cncc(F)c5)nn4)cccc3C2=O)C(=O)N1. The highest BCUT2D eigenvalue weighted by atomic mass is 19.1. The van der Waals surface area contributed by atoms with Crippen LogP contribution >= 0.6 is 0 Å². The molecule has 4 heterocycles. The molecule has 1 saturated heterocycles. The van der Waals surface area contributed by atoms with Gasteiger partial charge in [-0.1, -0.05) is 11.3 Å². The van der Waals surface area contributed by atoms with Gasteiger partial charge in [0.25, 0.3) is 5.91 Å². The summed E-state index contributed by atoms with van der Waals surface area (Å²) in [6.45, 7) is -0.0266. The van der Waals surface area contributed by atoms with Gasteiger partial charge in [0, 0.05) is 41.5 Å². The number of hydrogen-bond acceptors (Lipinski definition) is 7. The van der Waals surface area contributed by atoms with E-state index in [1.165, 1.54) is 28.0 Å².